The fraction of sp³-hybridized carbons (Fsp3) is 0. The number of benzene rings is 1. The summed E-state index contributed by atoms with van der Waals surface area (Å²) in [6, 6.07) is 12.0. The van der Waals surface area contributed by atoms with Crippen LogP contribution in [0.15, 0.2) is 46.9 Å². The molecule has 0 fully saturated rings. The first-order chi connectivity index (χ1) is 8.16. The van der Waals surface area contributed by atoms with Crippen LogP contribution in [-0.2, 0) is 4.79 Å². The van der Waals surface area contributed by atoms with Gasteiger partial charge in [0.05, 0.1) is 0 Å². The van der Waals surface area contributed by atoms with Gasteiger partial charge >= 0.3 is 0 Å². The van der Waals surface area contributed by atoms with E-state index in [1.165, 1.54) is 6.08 Å². The average Bonchev–Trinajstić information content (AvgIpc) is 2.75. The maximum Gasteiger partial charge on any atom is 0.241 e. The van der Waals surface area contributed by atoms with E-state index in [1.54, 1.807) is 17.4 Å². The van der Waals surface area contributed by atoms with Crippen molar-refractivity contribution in [3.05, 3.63) is 51.8 Å². The molecule has 4 heteroatoms. The van der Waals surface area contributed by atoms with Gasteiger partial charge in [0, 0.05) is 25.9 Å². The minimum absolute atomic E-state index is 0.430. The Hall–Kier alpha value is -1.39. The van der Waals surface area contributed by atoms with Crippen LogP contribution >= 0.6 is 27.3 Å². The molecule has 2 rings (SSSR count). The molecule has 1 aromatic carbocycles. The third kappa shape index (κ3) is 3.05. The van der Waals surface area contributed by atoms with Crippen molar-refractivity contribution in [1.82, 2.24) is 0 Å². The van der Waals surface area contributed by atoms with Crippen molar-refractivity contribution in [1.29, 1.82) is 0 Å². The SMILES string of the molecule is NC(=O)/C=C/c1ccc(-c2ccccc2Br)s1. The maximum atomic E-state index is 10.6. The van der Waals surface area contributed by atoms with Gasteiger partial charge in [-0.2, -0.15) is 0 Å². The summed E-state index contributed by atoms with van der Waals surface area (Å²) >= 11 is 5.14. The lowest BCUT2D eigenvalue weighted by Gasteiger charge is -1.99. The molecule has 0 spiro atoms. The first kappa shape index (κ1) is 12.1. The first-order valence-electron chi connectivity index (χ1n) is 4.99. The Morgan fingerprint density at radius 3 is 2.71 bits per heavy atom. The molecule has 2 N–H and O–H groups in total. The molecule has 1 heterocycles. The van der Waals surface area contributed by atoms with Crippen LogP contribution in [-0.4, -0.2) is 5.91 Å². The summed E-state index contributed by atoms with van der Waals surface area (Å²) < 4.78 is 1.06. The zero-order valence-corrected chi connectivity index (χ0v) is 11.3. The smallest absolute Gasteiger partial charge is 0.241 e. The van der Waals surface area contributed by atoms with Gasteiger partial charge in [-0.1, -0.05) is 34.1 Å². The summed E-state index contributed by atoms with van der Waals surface area (Å²) in [5, 5.41) is 0. The van der Waals surface area contributed by atoms with Gasteiger partial charge in [-0.15, -0.1) is 11.3 Å². The third-order valence-electron chi connectivity index (χ3n) is 2.18. The number of amides is 1. The predicted octanol–water partition coefficient (Wildman–Crippen LogP) is 3.68. The molecule has 0 bridgehead atoms. The predicted molar refractivity (Wildman–Crippen MR) is 75.7 cm³/mol. The summed E-state index contributed by atoms with van der Waals surface area (Å²) in [6.07, 6.45) is 3.10. The molecule has 2 nitrogen and oxygen atoms in total. The molecule has 0 atom stereocenters. The number of nitrogens with two attached hydrogens (primary N) is 1. The molecule has 0 aliphatic carbocycles. The standard InChI is InChI=1S/C13H10BrNOS/c14-11-4-2-1-3-10(11)12-7-5-9(17-12)6-8-13(15)16/h1-8H,(H2,15,16)/b8-6+. The fourth-order valence-corrected chi connectivity index (χ4v) is 2.99. The molecule has 0 radical (unpaired) electrons. The van der Waals surface area contributed by atoms with Crippen molar-refractivity contribution in [3.8, 4) is 10.4 Å². The van der Waals surface area contributed by atoms with E-state index in [1.807, 2.05) is 30.3 Å². The molecule has 17 heavy (non-hydrogen) atoms. The van der Waals surface area contributed by atoms with Gasteiger partial charge in [-0.05, 0) is 24.3 Å². The summed E-state index contributed by atoms with van der Waals surface area (Å²) in [7, 11) is 0. The number of carbonyl (C=O) groups excluding carboxylic acids is 1. The number of hydrogen-bond donors (Lipinski definition) is 1. The van der Waals surface area contributed by atoms with Gasteiger partial charge in [0.1, 0.15) is 0 Å². The number of thiophene rings is 1. The summed E-state index contributed by atoms with van der Waals surface area (Å²) in [5.74, 6) is -0.430. The number of carbonyl (C=O) groups is 1. The summed E-state index contributed by atoms with van der Waals surface area (Å²) in [4.78, 5) is 12.8. The topological polar surface area (TPSA) is 43.1 Å². The van der Waals surface area contributed by atoms with Gasteiger partial charge in [0.15, 0.2) is 0 Å². The lowest BCUT2D eigenvalue weighted by molar-refractivity contribution is -0.113. The van der Waals surface area contributed by atoms with Gasteiger partial charge in [0.2, 0.25) is 5.91 Å². The second-order valence-corrected chi connectivity index (χ2v) is 5.39. The number of rotatable bonds is 3. The molecule has 1 amide bonds. The highest BCUT2D eigenvalue weighted by molar-refractivity contribution is 9.10. The largest absolute Gasteiger partial charge is 0.366 e. The Bertz CT molecular complexity index is 574. The molecule has 0 unspecified atom stereocenters. The fourth-order valence-electron chi connectivity index (χ4n) is 1.41. The Morgan fingerprint density at radius 2 is 2.00 bits per heavy atom. The van der Waals surface area contributed by atoms with Crippen LogP contribution in [0.3, 0.4) is 0 Å². The van der Waals surface area contributed by atoms with E-state index >= 15 is 0 Å². The van der Waals surface area contributed by atoms with E-state index in [2.05, 4.69) is 22.0 Å². The van der Waals surface area contributed by atoms with Crippen LogP contribution in [0, 0.1) is 0 Å². The molecular weight excluding hydrogens is 298 g/mol. The highest BCUT2D eigenvalue weighted by atomic mass is 79.9. The molecule has 0 saturated carbocycles. The van der Waals surface area contributed by atoms with Crippen LogP contribution in [0.4, 0.5) is 0 Å². The van der Waals surface area contributed by atoms with Crippen molar-refractivity contribution in [3.63, 3.8) is 0 Å². The van der Waals surface area contributed by atoms with E-state index in [0.717, 1.165) is 19.8 Å². The minimum Gasteiger partial charge on any atom is -0.366 e. The van der Waals surface area contributed by atoms with Crippen molar-refractivity contribution < 1.29 is 4.79 Å². The maximum absolute atomic E-state index is 10.6. The molecule has 0 aliphatic heterocycles. The molecule has 0 saturated heterocycles. The normalized spacial score (nSPS) is 10.9. The minimum atomic E-state index is -0.430. The Morgan fingerprint density at radius 1 is 1.24 bits per heavy atom. The monoisotopic (exact) mass is 307 g/mol. The van der Waals surface area contributed by atoms with Crippen molar-refractivity contribution in [2.24, 2.45) is 5.73 Å². The third-order valence-corrected chi connectivity index (χ3v) is 3.95. The Balaban J connectivity index is 2.30. The van der Waals surface area contributed by atoms with Crippen molar-refractivity contribution in [2.75, 3.05) is 0 Å². The van der Waals surface area contributed by atoms with Gasteiger partial charge in [-0.25, -0.2) is 0 Å². The summed E-state index contributed by atoms with van der Waals surface area (Å²) in [6.45, 7) is 0. The van der Waals surface area contributed by atoms with Crippen molar-refractivity contribution >= 4 is 39.2 Å². The van der Waals surface area contributed by atoms with Crippen LogP contribution in [0.25, 0.3) is 16.5 Å². The van der Waals surface area contributed by atoms with E-state index in [9.17, 15) is 4.79 Å². The van der Waals surface area contributed by atoms with Gasteiger partial charge in [-0.3, -0.25) is 4.79 Å². The highest BCUT2D eigenvalue weighted by Gasteiger charge is 2.04. The highest BCUT2D eigenvalue weighted by Crippen LogP contribution is 2.33. The lowest BCUT2D eigenvalue weighted by Crippen LogP contribution is -2.04. The number of primary amides is 1. The molecule has 0 aliphatic rings. The van der Waals surface area contributed by atoms with Crippen LogP contribution in [0.5, 0.6) is 0 Å². The van der Waals surface area contributed by atoms with Gasteiger partial charge in [0.25, 0.3) is 0 Å². The van der Waals surface area contributed by atoms with E-state index in [-0.39, 0.29) is 0 Å². The van der Waals surface area contributed by atoms with Crippen LogP contribution in [0.1, 0.15) is 4.88 Å². The molecule has 2 aromatic rings. The van der Waals surface area contributed by atoms with E-state index in [4.69, 9.17) is 5.73 Å². The van der Waals surface area contributed by atoms with Crippen molar-refractivity contribution in [2.45, 2.75) is 0 Å². The number of halogens is 1. The Labute approximate surface area is 112 Å². The summed E-state index contributed by atoms with van der Waals surface area (Å²) in [5.41, 5.74) is 6.20. The average molecular weight is 308 g/mol. The van der Waals surface area contributed by atoms with Gasteiger partial charge < -0.3 is 5.73 Å². The molecule has 86 valence electrons. The van der Waals surface area contributed by atoms with Crippen LogP contribution < -0.4 is 5.73 Å². The number of hydrogen-bond acceptors (Lipinski definition) is 2. The zero-order valence-electron chi connectivity index (χ0n) is 8.89. The second-order valence-electron chi connectivity index (χ2n) is 3.42. The quantitative estimate of drug-likeness (QED) is 0.864. The van der Waals surface area contributed by atoms with E-state index in [0.29, 0.717) is 0 Å². The van der Waals surface area contributed by atoms with E-state index < -0.39 is 5.91 Å². The molecular formula is C13H10BrNOS. The zero-order chi connectivity index (χ0) is 12.3. The second kappa shape index (κ2) is 5.29. The van der Waals surface area contributed by atoms with Crippen LogP contribution in [0.2, 0.25) is 0 Å². The Kier molecular flexibility index (Phi) is 3.76. The first-order valence-corrected chi connectivity index (χ1v) is 6.60. The lowest BCUT2D eigenvalue weighted by atomic mass is 10.2. The molecule has 1 aromatic heterocycles.